The van der Waals surface area contributed by atoms with Crippen LogP contribution in [0.2, 0.25) is 0 Å². The monoisotopic (exact) mass is 344 g/mol. The number of hydrogen-bond donors (Lipinski definition) is 2. The van der Waals surface area contributed by atoms with Crippen LogP contribution in [0, 0.1) is 0 Å². The minimum absolute atomic E-state index is 0.144. The summed E-state index contributed by atoms with van der Waals surface area (Å²) in [4.78, 5) is 14.8. The number of halogens is 5. The SMILES string of the molecule is O=C(NCc1nc(C(F)(F)F)cs1)C(F)(F)C1(O)CCCC1. The van der Waals surface area contributed by atoms with Gasteiger partial charge in [-0.25, -0.2) is 4.98 Å². The lowest BCUT2D eigenvalue weighted by atomic mass is 9.93. The Morgan fingerprint density at radius 1 is 1.32 bits per heavy atom. The number of thiazole rings is 1. The quantitative estimate of drug-likeness (QED) is 0.826. The zero-order chi connectivity index (χ0) is 16.6. The van der Waals surface area contributed by atoms with E-state index < -0.39 is 35.8 Å². The molecule has 10 heteroatoms. The topological polar surface area (TPSA) is 62.2 Å². The van der Waals surface area contributed by atoms with Crippen LogP contribution < -0.4 is 5.32 Å². The van der Waals surface area contributed by atoms with E-state index in [0.29, 0.717) is 24.2 Å². The average Bonchev–Trinajstić information content (AvgIpc) is 3.04. The van der Waals surface area contributed by atoms with Crippen molar-refractivity contribution in [1.29, 1.82) is 0 Å². The van der Waals surface area contributed by atoms with Crippen LogP contribution in [0.3, 0.4) is 0 Å². The molecule has 1 aliphatic rings. The molecule has 1 fully saturated rings. The summed E-state index contributed by atoms with van der Waals surface area (Å²) >= 11 is 0.607. The summed E-state index contributed by atoms with van der Waals surface area (Å²) in [6.45, 7) is -0.550. The molecule has 0 spiro atoms. The van der Waals surface area contributed by atoms with Gasteiger partial charge in [0.15, 0.2) is 5.69 Å². The lowest BCUT2D eigenvalue weighted by Crippen LogP contribution is -2.55. The number of rotatable bonds is 4. The molecule has 0 unspecified atom stereocenters. The summed E-state index contributed by atoms with van der Waals surface area (Å²) < 4.78 is 64.9. The highest BCUT2D eigenvalue weighted by molar-refractivity contribution is 7.09. The standard InChI is InChI=1S/C12H13F5N2O2S/c13-11(14,10(21)3-1-2-4-10)9(20)18-5-8-19-7(6-22-8)12(15,16)17/h6,21H,1-5H2,(H,18,20). The molecular weight excluding hydrogens is 331 g/mol. The van der Waals surface area contributed by atoms with E-state index in [4.69, 9.17) is 0 Å². The summed E-state index contributed by atoms with van der Waals surface area (Å²) in [5, 5.41) is 12.3. The Hall–Kier alpha value is -1.29. The maximum absolute atomic E-state index is 13.9. The number of nitrogens with zero attached hydrogens (tertiary/aromatic N) is 1. The molecule has 0 saturated heterocycles. The number of aliphatic hydroxyl groups is 1. The molecule has 1 aromatic rings. The molecule has 2 N–H and O–H groups in total. The van der Waals surface area contributed by atoms with Crippen molar-refractivity contribution >= 4 is 17.2 Å². The maximum Gasteiger partial charge on any atom is 0.434 e. The van der Waals surface area contributed by atoms with Gasteiger partial charge < -0.3 is 10.4 Å². The number of carbonyl (C=O) groups excluding carboxylic acids is 1. The Morgan fingerprint density at radius 2 is 1.91 bits per heavy atom. The maximum atomic E-state index is 13.9. The molecule has 124 valence electrons. The lowest BCUT2D eigenvalue weighted by Gasteiger charge is -2.30. The zero-order valence-corrected chi connectivity index (χ0v) is 12.0. The number of aromatic nitrogens is 1. The van der Waals surface area contributed by atoms with Crippen molar-refractivity contribution in [3.8, 4) is 0 Å². The highest BCUT2D eigenvalue weighted by Gasteiger charge is 2.59. The molecule has 22 heavy (non-hydrogen) atoms. The normalized spacial score (nSPS) is 18.5. The zero-order valence-electron chi connectivity index (χ0n) is 11.2. The Balaban J connectivity index is 1.99. The minimum atomic E-state index is -4.62. The van der Waals surface area contributed by atoms with Crippen LogP contribution in [-0.2, 0) is 17.5 Å². The van der Waals surface area contributed by atoms with Gasteiger partial charge in [0.2, 0.25) is 0 Å². The first-order valence-electron chi connectivity index (χ1n) is 6.46. The molecule has 1 aliphatic carbocycles. The van der Waals surface area contributed by atoms with E-state index in [9.17, 15) is 31.9 Å². The van der Waals surface area contributed by atoms with Crippen LogP contribution in [0.1, 0.15) is 36.4 Å². The third-order valence-corrected chi connectivity index (χ3v) is 4.39. The number of carbonyl (C=O) groups is 1. The third-order valence-electron chi connectivity index (χ3n) is 3.54. The van der Waals surface area contributed by atoms with E-state index in [2.05, 4.69) is 4.98 Å². The van der Waals surface area contributed by atoms with Gasteiger partial charge in [-0.3, -0.25) is 4.79 Å². The van der Waals surface area contributed by atoms with Crippen LogP contribution in [-0.4, -0.2) is 27.5 Å². The van der Waals surface area contributed by atoms with Gasteiger partial charge in [0.1, 0.15) is 10.6 Å². The minimum Gasteiger partial charge on any atom is -0.383 e. The summed E-state index contributed by atoms with van der Waals surface area (Å²) in [6.07, 6.45) is -4.23. The predicted octanol–water partition coefficient (Wildman–Crippen LogP) is 2.72. The van der Waals surface area contributed by atoms with Crippen molar-refractivity contribution in [3.63, 3.8) is 0 Å². The van der Waals surface area contributed by atoms with Gasteiger partial charge in [0, 0.05) is 5.38 Å². The highest BCUT2D eigenvalue weighted by atomic mass is 32.1. The highest BCUT2D eigenvalue weighted by Crippen LogP contribution is 2.42. The molecule has 0 aromatic carbocycles. The van der Waals surface area contributed by atoms with E-state index in [-0.39, 0.29) is 17.8 Å². The molecule has 1 heterocycles. The molecule has 4 nitrogen and oxygen atoms in total. The molecule has 1 saturated carbocycles. The van der Waals surface area contributed by atoms with Crippen LogP contribution in [0.25, 0.3) is 0 Å². The van der Waals surface area contributed by atoms with Crippen LogP contribution in [0.4, 0.5) is 22.0 Å². The van der Waals surface area contributed by atoms with Crippen LogP contribution in [0.5, 0.6) is 0 Å². The second-order valence-corrected chi connectivity index (χ2v) is 6.06. The molecule has 1 amide bonds. The second kappa shape index (κ2) is 5.73. The number of nitrogens with one attached hydrogen (secondary N) is 1. The van der Waals surface area contributed by atoms with E-state index in [1.807, 2.05) is 5.32 Å². The first-order chi connectivity index (χ1) is 10.1. The van der Waals surface area contributed by atoms with Gasteiger partial charge in [-0.05, 0) is 12.8 Å². The summed E-state index contributed by atoms with van der Waals surface area (Å²) in [6, 6.07) is 0. The first-order valence-corrected chi connectivity index (χ1v) is 7.34. The van der Waals surface area contributed by atoms with Crippen molar-refractivity contribution in [2.24, 2.45) is 0 Å². The van der Waals surface area contributed by atoms with Crippen molar-refractivity contribution in [1.82, 2.24) is 10.3 Å². The fourth-order valence-corrected chi connectivity index (χ4v) is 3.01. The van der Waals surface area contributed by atoms with Gasteiger partial charge in [0.25, 0.3) is 5.91 Å². The predicted molar refractivity (Wildman–Crippen MR) is 67.3 cm³/mol. The molecular formula is C12H13F5N2O2S. The van der Waals surface area contributed by atoms with Crippen LogP contribution >= 0.6 is 11.3 Å². The summed E-state index contributed by atoms with van der Waals surface area (Å²) in [7, 11) is 0. The largest absolute Gasteiger partial charge is 0.434 e. The lowest BCUT2D eigenvalue weighted by molar-refractivity contribution is -0.190. The fourth-order valence-electron chi connectivity index (χ4n) is 2.27. The first kappa shape index (κ1) is 17.1. The molecule has 0 bridgehead atoms. The van der Waals surface area contributed by atoms with E-state index >= 15 is 0 Å². The van der Waals surface area contributed by atoms with Gasteiger partial charge in [0.05, 0.1) is 6.54 Å². The van der Waals surface area contributed by atoms with Gasteiger partial charge >= 0.3 is 12.1 Å². The Morgan fingerprint density at radius 3 is 2.41 bits per heavy atom. The van der Waals surface area contributed by atoms with Gasteiger partial charge in [-0.15, -0.1) is 11.3 Å². The third kappa shape index (κ3) is 3.22. The smallest absolute Gasteiger partial charge is 0.383 e. The number of amides is 1. The van der Waals surface area contributed by atoms with E-state index in [1.54, 1.807) is 0 Å². The summed E-state index contributed by atoms with van der Waals surface area (Å²) in [5.41, 5.74) is -3.53. The average molecular weight is 344 g/mol. The van der Waals surface area contributed by atoms with Crippen LogP contribution in [0.15, 0.2) is 5.38 Å². The van der Waals surface area contributed by atoms with E-state index in [1.165, 1.54) is 0 Å². The Labute approximate surface area is 126 Å². The van der Waals surface area contributed by atoms with Crippen molar-refractivity contribution in [2.45, 2.75) is 49.9 Å². The molecule has 0 radical (unpaired) electrons. The molecule has 2 rings (SSSR count). The second-order valence-electron chi connectivity index (χ2n) is 5.12. The van der Waals surface area contributed by atoms with Crippen molar-refractivity contribution in [2.75, 3.05) is 0 Å². The van der Waals surface area contributed by atoms with Gasteiger partial charge in [-0.1, -0.05) is 12.8 Å². The number of hydrogen-bond acceptors (Lipinski definition) is 4. The molecule has 0 aliphatic heterocycles. The molecule has 0 atom stereocenters. The summed E-state index contributed by atoms with van der Waals surface area (Å²) in [5.74, 6) is -5.70. The number of alkyl halides is 5. The Kier molecular flexibility index (Phi) is 4.44. The van der Waals surface area contributed by atoms with Crippen molar-refractivity contribution < 1.29 is 31.9 Å². The van der Waals surface area contributed by atoms with Crippen molar-refractivity contribution in [3.05, 3.63) is 16.1 Å². The Bertz CT molecular complexity index is 552. The van der Waals surface area contributed by atoms with E-state index in [0.717, 1.165) is 5.38 Å². The molecule has 1 aromatic heterocycles. The fraction of sp³-hybridized carbons (Fsp3) is 0.667. The van der Waals surface area contributed by atoms with Gasteiger partial charge in [-0.2, -0.15) is 22.0 Å².